The van der Waals surface area contributed by atoms with Crippen LogP contribution in [0.1, 0.15) is 53.9 Å². The van der Waals surface area contributed by atoms with E-state index in [9.17, 15) is 9.59 Å². The lowest BCUT2D eigenvalue weighted by molar-refractivity contribution is -0.128. The number of amides is 1. The largest absolute Gasteiger partial charge is 0.342 e. The molecule has 32 heavy (non-hydrogen) atoms. The molecule has 1 aromatic carbocycles. The van der Waals surface area contributed by atoms with Gasteiger partial charge >= 0.3 is 0 Å². The minimum absolute atomic E-state index is 0.0523. The van der Waals surface area contributed by atoms with Gasteiger partial charge in [-0.15, -0.1) is 10.2 Å². The summed E-state index contributed by atoms with van der Waals surface area (Å²) in [5.41, 5.74) is 0.722. The topological polar surface area (TPSA) is 72.5 Å². The number of fused-ring (bicyclic) bond motifs is 3. The number of nitrogens with zero attached hydrogens (tertiary/aromatic N) is 5. The molecule has 2 heterocycles. The summed E-state index contributed by atoms with van der Waals surface area (Å²) in [4.78, 5) is 28.0. The molecular weight excluding hydrogens is 422 g/mol. The van der Waals surface area contributed by atoms with Gasteiger partial charge in [-0.3, -0.25) is 18.6 Å². The second kappa shape index (κ2) is 11.0. The van der Waals surface area contributed by atoms with Crippen molar-refractivity contribution in [1.29, 1.82) is 0 Å². The molecule has 1 amide bonds. The van der Waals surface area contributed by atoms with Crippen LogP contribution in [0.2, 0.25) is 0 Å². The maximum Gasteiger partial charge on any atom is 0.262 e. The van der Waals surface area contributed by atoms with Crippen LogP contribution in [-0.2, 0) is 11.3 Å². The van der Waals surface area contributed by atoms with E-state index in [0.29, 0.717) is 40.5 Å². The Labute approximate surface area is 194 Å². The number of aromatic nitrogens is 4. The number of thioether (sulfide) groups is 1. The molecule has 0 spiro atoms. The van der Waals surface area contributed by atoms with Gasteiger partial charge in [-0.25, -0.2) is 0 Å². The minimum Gasteiger partial charge on any atom is -0.342 e. The minimum atomic E-state index is -0.0523. The lowest BCUT2D eigenvalue weighted by Gasteiger charge is -2.24. The lowest BCUT2D eigenvalue weighted by atomic mass is 10.1. The zero-order valence-electron chi connectivity index (χ0n) is 19.9. The van der Waals surface area contributed by atoms with E-state index >= 15 is 0 Å². The molecule has 174 valence electrons. The highest BCUT2D eigenvalue weighted by molar-refractivity contribution is 7.99. The van der Waals surface area contributed by atoms with Crippen molar-refractivity contribution in [3.8, 4) is 0 Å². The highest BCUT2D eigenvalue weighted by atomic mass is 32.2. The molecule has 0 aliphatic heterocycles. The van der Waals surface area contributed by atoms with Crippen LogP contribution in [0.3, 0.4) is 0 Å². The van der Waals surface area contributed by atoms with Gasteiger partial charge in [-0.1, -0.05) is 58.5 Å². The predicted octanol–water partition coefficient (Wildman–Crippen LogP) is 4.47. The van der Waals surface area contributed by atoms with Gasteiger partial charge in [0.2, 0.25) is 11.7 Å². The van der Waals surface area contributed by atoms with Crippen LogP contribution in [-0.4, -0.2) is 48.8 Å². The number of para-hydroxylation sites is 1. The fourth-order valence-electron chi connectivity index (χ4n) is 3.66. The van der Waals surface area contributed by atoms with E-state index in [-0.39, 0.29) is 11.5 Å². The van der Waals surface area contributed by atoms with Gasteiger partial charge in [0.15, 0.2) is 5.16 Å². The summed E-state index contributed by atoms with van der Waals surface area (Å²) >= 11 is 1.39. The Morgan fingerprint density at radius 1 is 1.06 bits per heavy atom. The molecule has 3 rings (SSSR count). The highest BCUT2D eigenvalue weighted by Crippen LogP contribution is 2.22. The molecule has 0 bridgehead atoms. The molecule has 3 aromatic rings. The number of carbonyl (C=O) groups excluding carboxylic acids is 1. The molecular formula is C24H35N5O2S. The van der Waals surface area contributed by atoms with Gasteiger partial charge < -0.3 is 4.90 Å². The zero-order valence-corrected chi connectivity index (χ0v) is 20.7. The van der Waals surface area contributed by atoms with Gasteiger partial charge in [0.25, 0.3) is 5.56 Å². The average Bonchev–Trinajstić information content (AvgIpc) is 3.18. The van der Waals surface area contributed by atoms with E-state index in [1.165, 1.54) is 11.8 Å². The van der Waals surface area contributed by atoms with Crippen molar-refractivity contribution in [2.45, 2.75) is 65.6 Å². The Kier molecular flexibility index (Phi) is 8.34. The van der Waals surface area contributed by atoms with Crippen molar-refractivity contribution in [1.82, 2.24) is 24.1 Å². The Balaban J connectivity index is 1.88. The van der Waals surface area contributed by atoms with Crippen LogP contribution in [0.4, 0.5) is 0 Å². The van der Waals surface area contributed by atoms with E-state index in [2.05, 4.69) is 37.9 Å². The normalized spacial score (nSPS) is 11.8. The molecule has 0 atom stereocenters. The maximum absolute atomic E-state index is 13.1. The van der Waals surface area contributed by atoms with Gasteiger partial charge in [0.05, 0.1) is 16.7 Å². The third kappa shape index (κ3) is 5.52. The molecule has 0 aliphatic carbocycles. The summed E-state index contributed by atoms with van der Waals surface area (Å²) in [5.74, 6) is 2.07. The molecule has 0 saturated carbocycles. The Bertz CT molecular complexity index is 1110. The quantitative estimate of drug-likeness (QED) is 0.397. The predicted molar refractivity (Wildman–Crippen MR) is 131 cm³/mol. The maximum atomic E-state index is 13.1. The Morgan fingerprint density at radius 2 is 1.72 bits per heavy atom. The van der Waals surface area contributed by atoms with E-state index in [0.717, 1.165) is 37.9 Å². The Morgan fingerprint density at radius 3 is 2.34 bits per heavy atom. The first-order chi connectivity index (χ1) is 15.3. The molecule has 0 unspecified atom stereocenters. The fraction of sp³-hybridized carbons (Fsp3) is 0.583. The standard InChI is InChI=1S/C24H35N5O2S/c1-6-13-28-22(31)19-9-7-8-10-20(19)29-23(28)25-26-24(29)32-16-21(30)27(14-11-17(2)3)15-12-18(4)5/h7-10,17-18H,6,11-16H2,1-5H3. The Hall–Kier alpha value is -2.35. The average molecular weight is 458 g/mol. The summed E-state index contributed by atoms with van der Waals surface area (Å²) in [5, 5.41) is 9.95. The molecule has 8 heteroatoms. The summed E-state index contributed by atoms with van der Waals surface area (Å²) in [7, 11) is 0. The molecule has 0 aliphatic rings. The van der Waals surface area contributed by atoms with E-state index < -0.39 is 0 Å². The van der Waals surface area contributed by atoms with Gasteiger partial charge in [-0.05, 0) is 43.2 Å². The van der Waals surface area contributed by atoms with Crippen LogP contribution in [0.15, 0.2) is 34.2 Å². The number of benzene rings is 1. The van der Waals surface area contributed by atoms with E-state index in [1.807, 2.05) is 40.5 Å². The van der Waals surface area contributed by atoms with Crippen molar-refractivity contribution in [2.75, 3.05) is 18.8 Å². The van der Waals surface area contributed by atoms with Crippen molar-refractivity contribution in [3.05, 3.63) is 34.6 Å². The van der Waals surface area contributed by atoms with Crippen molar-refractivity contribution in [3.63, 3.8) is 0 Å². The number of hydrogen-bond acceptors (Lipinski definition) is 5. The summed E-state index contributed by atoms with van der Waals surface area (Å²) in [6, 6.07) is 7.52. The zero-order chi connectivity index (χ0) is 23.3. The third-order valence-electron chi connectivity index (χ3n) is 5.56. The van der Waals surface area contributed by atoms with Crippen LogP contribution in [0.5, 0.6) is 0 Å². The molecule has 7 nitrogen and oxygen atoms in total. The summed E-state index contributed by atoms with van der Waals surface area (Å²) in [6.45, 7) is 12.9. The van der Waals surface area contributed by atoms with E-state index in [1.54, 1.807) is 4.57 Å². The van der Waals surface area contributed by atoms with Crippen molar-refractivity contribution < 1.29 is 4.79 Å². The smallest absolute Gasteiger partial charge is 0.262 e. The SMILES string of the molecule is CCCn1c(=O)c2ccccc2n2c(SCC(=O)N(CCC(C)C)CCC(C)C)nnc12. The highest BCUT2D eigenvalue weighted by Gasteiger charge is 2.19. The number of aryl methyl sites for hydroxylation is 1. The van der Waals surface area contributed by atoms with Crippen LogP contribution in [0, 0.1) is 11.8 Å². The van der Waals surface area contributed by atoms with Gasteiger partial charge in [0.1, 0.15) is 0 Å². The van der Waals surface area contributed by atoms with Crippen LogP contribution < -0.4 is 5.56 Å². The molecule has 0 N–H and O–H groups in total. The molecule has 0 radical (unpaired) electrons. The first-order valence-electron chi connectivity index (χ1n) is 11.6. The monoisotopic (exact) mass is 457 g/mol. The van der Waals surface area contributed by atoms with Gasteiger partial charge in [0, 0.05) is 19.6 Å². The van der Waals surface area contributed by atoms with Crippen LogP contribution >= 0.6 is 11.8 Å². The number of carbonyl (C=O) groups is 1. The third-order valence-corrected chi connectivity index (χ3v) is 6.47. The molecule has 2 aromatic heterocycles. The summed E-state index contributed by atoms with van der Waals surface area (Å²) in [6.07, 6.45) is 2.81. The van der Waals surface area contributed by atoms with Crippen molar-refractivity contribution in [2.24, 2.45) is 11.8 Å². The van der Waals surface area contributed by atoms with E-state index in [4.69, 9.17) is 0 Å². The number of rotatable bonds is 11. The summed E-state index contributed by atoms with van der Waals surface area (Å²) < 4.78 is 3.59. The first kappa shape index (κ1) is 24.3. The number of hydrogen-bond donors (Lipinski definition) is 0. The molecule has 0 fully saturated rings. The lowest BCUT2D eigenvalue weighted by Crippen LogP contribution is -2.35. The molecule has 0 saturated heterocycles. The van der Waals surface area contributed by atoms with Gasteiger partial charge in [-0.2, -0.15) is 0 Å². The second-order valence-corrected chi connectivity index (χ2v) is 10.1. The second-order valence-electron chi connectivity index (χ2n) is 9.13. The fourth-order valence-corrected chi connectivity index (χ4v) is 4.50. The first-order valence-corrected chi connectivity index (χ1v) is 12.6. The van der Waals surface area contributed by atoms with Crippen LogP contribution in [0.25, 0.3) is 16.7 Å². The van der Waals surface area contributed by atoms with Crippen molar-refractivity contribution >= 4 is 34.3 Å².